The topological polar surface area (TPSA) is 58.2 Å². The van der Waals surface area contributed by atoms with E-state index >= 15 is 0 Å². The summed E-state index contributed by atoms with van der Waals surface area (Å²) in [6.07, 6.45) is 1.60. The maximum absolute atomic E-state index is 12.8. The predicted octanol–water partition coefficient (Wildman–Crippen LogP) is 2.87. The van der Waals surface area contributed by atoms with Gasteiger partial charge in [0.25, 0.3) is 5.56 Å². The molecule has 4 heteroatoms. The highest BCUT2D eigenvalue weighted by atomic mass is 16.1. The van der Waals surface area contributed by atoms with Crippen LogP contribution >= 0.6 is 0 Å². The molecule has 3 aromatic heterocycles. The van der Waals surface area contributed by atoms with Crippen LogP contribution in [0.3, 0.4) is 0 Å². The number of rotatable bonds is 0. The molecule has 21 heavy (non-hydrogen) atoms. The second-order valence-electron chi connectivity index (χ2n) is 4.80. The molecule has 0 spiro atoms. The van der Waals surface area contributed by atoms with E-state index in [0.717, 1.165) is 10.9 Å². The number of pyridine rings is 3. The van der Waals surface area contributed by atoms with Crippen molar-refractivity contribution in [2.24, 2.45) is 0 Å². The zero-order chi connectivity index (χ0) is 14.4. The Morgan fingerprint density at radius 1 is 1.00 bits per heavy atom. The Morgan fingerprint density at radius 2 is 1.86 bits per heavy atom. The van der Waals surface area contributed by atoms with Gasteiger partial charge in [0.2, 0.25) is 0 Å². The van der Waals surface area contributed by atoms with Crippen LogP contribution in [-0.2, 0) is 0 Å². The summed E-state index contributed by atoms with van der Waals surface area (Å²) in [5.41, 5.74) is 2.12. The van der Waals surface area contributed by atoms with Crippen molar-refractivity contribution in [3.63, 3.8) is 0 Å². The molecule has 0 saturated heterocycles. The van der Waals surface area contributed by atoms with Gasteiger partial charge in [-0.05, 0) is 29.7 Å². The molecule has 0 aliphatic carbocycles. The molecule has 1 aromatic carbocycles. The van der Waals surface area contributed by atoms with Crippen molar-refractivity contribution < 1.29 is 0 Å². The molecule has 0 aliphatic heterocycles. The van der Waals surface area contributed by atoms with Crippen molar-refractivity contribution in [2.45, 2.75) is 0 Å². The molecule has 0 unspecified atom stereocenters. The Labute approximate surface area is 119 Å². The van der Waals surface area contributed by atoms with Gasteiger partial charge in [0, 0.05) is 6.20 Å². The van der Waals surface area contributed by atoms with Crippen molar-refractivity contribution in [1.29, 1.82) is 5.26 Å². The summed E-state index contributed by atoms with van der Waals surface area (Å²) in [5, 5.41) is 10.9. The van der Waals surface area contributed by atoms with Crippen LogP contribution in [-0.4, -0.2) is 9.38 Å². The lowest BCUT2D eigenvalue weighted by Crippen LogP contribution is -2.16. The molecule has 98 valence electrons. The molecule has 3 heterocycles. The molecule has 0 atom stereocenters. The van der Waals surface area contributed by atoms with Crippen LogP contribution in [0.15, 0.2) is 59.5 Å². The van der Waals surface area contributed by atoms with Gasteiger partial charge in [-0.1, -0.05) is 24.3 Å². The van der Waals surface area contributed by atoms with Crippen molar-refractivity contribution >= 4 is 27.3 Å². The molecule has 4 aromatic rings. The zero-order valence-electron chi connectivity index (χ0n) is 10.9. The van der Waals surface area contributed by atoms with Gasteiger partial charge in [0.15, 0.2) is 0 Å². The van der Waals surface area contributed by atoms with Crippen LogP contribution in [0.25, 0.3) is 27.3 Å². The number of fused-ring (bicyclic) bond motifs is 4. The monoisotopic (exact) mass is 271 g/mol. The normalized spacial score (nSPS) is 11.0. The largest absolute Gasteiger partial charge is 0.275 e. The van der Waals surface area contributed by atoms with Gasteiger partial charge >= 0.3 is 0 Å². The van der Waals surface area contributed by atoms with Crippen molar-refractivity contribution in [2.75, 3.05) is 0 Å². The summed E-state index contributed by atoms with van der Waals surface area (Å²) in [4.78, 5) is 17.0. The number of nitriles is 1. The molecule has 0 amide bonds. The second kappa shape index (κ2) is 4.15. The molecule has 0 fully saturated rings. The van der Waals surface area contributed by atoms with Crippen LogP contribution in [0, 0.1) is 11.3 Å². The number of nitrogens with zero attached hydrogens (tertiary/aromatic N) is 3. The number of para-hydroxylation sites is 1. The van der Waals surface area contributed by atoms with Crippen molar-refractivity contribution in [1.82, 2.24) is 9.38 Å². The standard InChI is InChI=1S/C17H9N3O/c18-10-13-15-8-7-11-4-1-2-6-14(11)20(15)17(21)12-5-3-9-19-16(12)13/h1-9H. The predicted molar refractivity (Wildman–Crippen MR) is 81.2 cm³/mol. The number of aromatic nitrogens is 2. The lowest BCUT2D eigenvalue weighted by molar-refractivity contribution is 1.16. The van der Waals surface area contributed by atoms with Crippen molar-refractivity contribution in [3.05, 3.63) is 70.6 Å². The molecule has 4 rings (SSSR count). The highest BCUT2D eigenvalue weighted by Crippen LogP contribution is 2.22. The molecule has 0 bridgehead atoms. The van der Waals surface area contributed by atoms with Crippen molar-refractivity contribution in [3.8, 4) is 6.07 Å². The van der Waals surface area contributed by atoms with Crippen LogP contribution in [0.2, 0.25) is 0 Å². The van der Waals surface area contributed by atoms with E-state index in [1.165, 1.54) is 0 Å². The van der Waals surface area contributed by atoms with E-state index in [4.69, 9.17) is 0 Å². The summed E-state index contributed by atoms with van der Waals surface area (Å²) in [6.45, 7) is 0. The molecule has 0 radical (unpaired) electrons. The summed E-state index contributed by atoms with van der Waals surface area (Å²) in [6, 6.07) is 17.0. The lowest BCUT2D eigenvalue weighted by Gasteiger charge is -2.09. The Kier molecular flexibility index (Phi) is 2.30. The zero-order valence-corrected chi connectivity index (χ0v) is 10.9. The molecular weight excluding hydrogens is 262 g/mol. The fourth-order valence-corrected chi connectivity index (χ4v) is 2.75. The van der Waals surface area contributed by atoms with Crippen LogP contribution in [0.1, 0.15) is 5.56 Å². The minimum atomic E-state index is -0.149. The van der Waals surface area contributed by atoms with E-state index < -0.39 is 0 Å². The quantitative estimate of drug-likeness (QED) is 0.365. The van der Waals surface area contributed by atoms with E-state index in [1.807, 2.05) is 30.3 Å². The summed E-state index contributed by atoms with van der Waals surface area (Å²) in [7, 11) is 0. The average Bonchev–Trinajstić information content (AvgIpc) is 2.55. The Morgan fingerprint density at radius 3 is 2.71 bits per heavy atom. The summed E-state index contributed by atoms with van der Waals surface area (Å²) >= 11 is 0. The third kappa shape index (κ3) is 1.49. The van der Waals surface area contributed by atoms with Crippen LogP contribution < -0.4 is 5.56 Å². The third-order valence-electron chi connectivity index (χ3n) is 3.69. The fourth-order valence-electron chi connectivity index (χ4n) is 2.75. The Hall–Kier alpha value is -3.19. The first-order valence-electron chi connectivity index (χ1n) is 6.52. The van der Waals surface area contributed by atoms with E-state index in [1.54, 1.807) is 28.8 Å². The van der Waals surface area contributed by atoms with Gasteiger partial charge in [-0.3, -0.25) is 14.2 Å². The fraction of sp³-hybridized carbons (Fsp3) is 0. The molecule has 0 N–H and O–H groups in total. The number of hydrogen-bond acceptors (Lipinski definition) is 3. The molecule has 4 nitrogen and oxygen atoms in total. The second-order valence-corrected chi connectivity index (χ2v) is 4.80. The number of hydrogen-bond donors (Lipinski definition) is 0. The SMILES string of the molecule is N#Cc1c2ncccc2c(=O)n2c1ccc1ccccc12. The summed E-state index contributed by atoms with van der Waals surface area (Å²) < 4.78 is 1.60. The first-order valence-corrected chi connectivity index (χ1v) is 6.52. The Balaban J connectivity index is 2.44. The van der Waals surface area contributed by atoms with Gasteiger partial charge in [0.05, 0.1) is 21.9 Å². The maximum atomic E-state index is 12.8. The molecule has 0 aliphatic rings. The maximum Gasteiger partial charge on any atom is 0.265 e. The minimum absolute atomic E-state index is 0.149. The number of benzene rings is 1. The highest BCUT2D eigenvalue weighted by molar-refractivity contribution is 5.93. The van der Waals surface area contributed by atoms with E-state index in [0.29, 0.717) is 22.0 Å². The van der Waals surface area contributed by atoms with E-state index in [-0.39, 0.29) is 5.56 Å². The van der Waals surface area contributed by atoms with Gasteiger partial charge in [-0.25, -0.2) is 0 Å². The van der Waals surface area contributed by atoms with E-state index in [2.05, 4.69) is 11.1 Å². The van der Waals surface area contributed by atoms with Gasteiger partial charge in [-0.2, -0.15) is 5.26 Å². The van der Waals surface area contributed by atoms with Crippen LogP contribution in [0.4, 0.5) is 0 Å². The van der Waals surface area contributed by atoms with Crippen LogP contribution in [0.5, 0.6) is 0 Å². The Bertz CT molecular complexity index is 1120. The van der Waals surface area contributed by atoms with Gasteiger partial charge in [0.1, 0.15) is 11.6 Å². The smallest absolute Gasteiger partial charge is 0.265 e. The minimum Gasteiger partial charge on any atom is -0.275 e. The first-order chi connectivity index (χ1) is 10.3. The summed E-state index contributed by atoms with van der Waals surface area (Å²) in [5.74, 6) is 0. The van der Waals surface area contributed by atoms with E-state index in [9.17, 15) is 10.1 Å². The third-order valence-corrected chi connectivity index (χ3v) is 3.69. The molecule has 0 saturated carbocycles. The first kappa shape index (κ1) is 11.6. The average molecular weight is 271 g/mol. The lowest BCUT2D eigenvalue weighted by atomic mass is 10.1. The highest BCUT2D eigenvalue weighted by Gasteiger charge is 2.13. The van der Waals surface area contributed by atoms with Gasteiger partial charge < -0.3 is 0 Å². The van der Waals surface area contributed by atoms with Gasteiger partial charge in [-0.15, -0.1) is 0 Å². The molecular formula is C17H9N3O.